The van der Waals surface area contributed by atoms with Crippen LogP contribution in [-0.2, 0) is 6.54 Å². The Morgan fingerprint density at radius 1 is 0.923 bits per heavy atom. The van der Waals surface area contributed by atoms with Crippen molar-refractivity contribution in [2.24, 2.45) is 0 Å². The predicted octanol–water partition coefficient (Wildman–Crippen LogP) is 4.42. The number of carbonyl (C=O) groups excluding carboxylic acids is 1. The van der Waals surface area contributed by atoms with E-state index in [1.165, 1.54) is 22.4 Å². The van der Waals surface area contributed by atoms with Gasteiger partial charge < -0.3 is 14.4 Å². The van der Waals surface area contributed by atoms with Gasteiger partial charge in [-0.1, -0.05) is 36.4 Å². The molecule has 0 aliphatic carbocycles. The third-order valence-electron chi connectivity index (χ3n) is 6.81. The zero-order valence-electron chi connectivity index (χ0n) is 21.8. The van der Waals surface area contributed by atoms with Crippen LogP contribution in [0.5, 0.6) is 11.5 Å². The van der Waals surface area contributed by atoms with E-state index < -0.39 is 4.92 Å². The topological polar surface area (TPSA) is 103 Å². The van der Waals surface area contributed by atoms with E-state index in [0.29, 0.717) is 47.2 Å². The maximum absolute atomic E-state index is 13.8. The van der Waals surface area contributed by atoms with Crippen molar-refractivity contribution in [3.8, 4) is 28.4 Å². The summed E-state index contributed by atoms with van der Waals surface area (Å²) in [6.07, 6.45) is 0. The third kappa shape index (κ3) is 5.60. The molecule has 1 fully saturated rings. The lowest BCUT2D eigenvalue weighted by atomic mass is 10.1. The Hall–Kier alpha value is -4.70. The lowest BCUT2D eigenvalue weighted by Crippen LogP contribution is -2.48. The van der Waals surface area contributed by atoms with Crippen LogP contribution in [0, 0.1) is 10.1 Å². The number of hydrogen-bond donors (Lipinski definition) is 0. The second kappa shape index (κ2) is 11.4. The second-order valence-electron chi connectivity index (χ2n) is 9.22. The quantitative estimate of drug-likeness (QED) is 0.247. The van der Waals surface area contributed by atoms with Gasteiger partial charge >= 0.3 is 0 Å². The highest BCUT2D eigenvalue weighted by Gasteiger charge is 2.27. The highest BCUT2D eigenvalue weighted by atomic mass is 16.6. The molecule has 1 aliphatic heterocycles. The van der Waals surface area contributed by atoms with Gasteiger partial charge in [0.25, 0.3) is 11.6 Å². The fraction of sp³-hybridized carbons (Fsp3) is 0.241. The van der Waals surface area contributed by atoms with Crippen LogP contribution in [0.1, 0.15) is 16.1 Å². The zero-order valence-corrected chi connectivity index (χ0v) is 21.8. The standard InChI is InChI=1S/C29H29N5O5/c1-38-24-11-12-25(28(18-24)39-2)26-19-27(33(30-26)22-9-6-10-23(17-22)34(36)37)29(35)32-15-13-31(14-16-32)20-21-7-4-3-5-8-21/h3-12,17-19H,13-16,20H2,1-2H3. The Morgan fingerprint density at radius 2 is 1.69 bits per heavy atom. The first-order valence-electron chi connectivity index (χ1n) is 12.6. The number of ether oxygens (including phenoxy) is 2. The van der Waals surface area contributed by atoms with Gasteiger partial charge in [-0.25, -0.2) is 4.68 Å². The SMILES string of the molecule is COc1ccc(-c2cc(C(=O)N3CCN(Cc4ccccc4)CC3)n(-c3cccc([N+](=O)[O-])c3)n2)c(OC)c1. The number of aromatic nitrogens is 2. The molecule has 0 N–H and O–H groups in total. The summed E-state index contributed by atoms with van der Waals surface area (Å²) < 4.78 is 12.4. The fourth-order valence-corrected chi connectivity index (χ4v) is 4.72. The number of rotatable bonds is 8. The van der Waals surface area contributed by atoms with Crippen molar-refractivity contribution in [3.63, 3.8) is 0 Å². The summed E-state index contributed by atoms with van der Waals surface area (Å²) >= 11 is 0. The Morgan fingerprint density at radius 3 is 2.38 bits per heavy atom. The van der Waals surface area contributed by atoms with Gasteiger partial charge in [0.15, 0.2) is 0 Å². The van der Waals surface area contributed by atoms with Crippen LogP contribution in [0.4, 0.5) is 5.69 Å². The average molecular weight is 528 g/mol. The van der Waals surface area contributed by atoms with Crippen molar-refractivity contribution in [1.29, 1.82) is 0 Å². The molecule has 200 valence electrons. The number of nitro groups is 1. The number of hydrogen-bond acceptors (Lipinski definition) is 7. The number of methoxy groups -OCH3 is 2. The van der Waals surface area contributed by atoms with Crippen molar-refractivity contribution < 1.29 is 19.2 Å². The smallest absolute Gasteiger partial charge is 0.272 e. The zero-order chi connectivity index (χ0) is 27.4. The number of non-ortho nitro benzene ring substituents is 1. The van der Waals surface area contributed by atoms with E-state index in [1.807, 2.05) is 24.3 Å². The van der Waals surface area contributed by atoms with Crippen LogP contribution in [0.2, 0.25) is 0 Å². The molecule has 0 bridgehead atoms. The molecule has 0 spiro atoms. The normalized spacial score (nSPS) is 13.7. The first-order valence-corrected chi connectivity index (χ1v) is 12.6. The molecule has 4 aromatic rings. The van der Waals surface area contributed by atoms with Gasteiger partial charge in [-0.2, -0.15) is 5.10 Å². The number of piperazine rings is 1. The van der Waals surface area contributed by atoms with Crippen molar-refractivity contribution in [1.82, 2.24) is 19.6 Å². The van der Waals surface area contributed by atoms with E-state index in [-0.39, 0.29) is 11.6 Å². The van der Waals surface area contributed by atoms with Crippen LogP contribution in [0.3, 0.4) is 0 Å². The van der Waals surface area contributed by atoms with Crippen LogP contribution in [0.15, 0.2) is 78.9 Å². The monoisotopic (exact) mass is 527 g/mol. The summed E-state index contributed by atoms with van der Waals surface area (Å²) in [4.78, 5) is 29.0. The van der Waals surface area contributed by atoms with Gasteiger partial charge in [0.2, 0.25) is 0 Å². The molecule has 10 heteroatoms. The molecule has 2 heterocycles. The van der Waals surface area contributed by atoms with Gasteiger partial charge in [-0.15, -0.1) is 0 Å². The minimum Gasteiger partial charge on any atom is -0.497 e. The maximum Gasteiger partial charge on any atom is 0.272 e. The lowest BCUT2D eigenvalue weighted by molar-refractivity contribution is -0.384. The van der Waals surface area contributed by atoms with Crippen LogP contribution >= 0.6 is 0 Å². The summed E-state index contributed by atoms with van der Waals surface area (Å²) in [5.74, 6) is 0.969. The summed E-state index contributed by atoms with van der Waals surface area (Å²) in [5, 5.41) is 16.2. The second-order valence-corrected chi connectivity index (χ2v) is 9.22. The maximum atomic E-state index is 13.8. The fourth-order valence-electron chi connectivity index (χ4n) is 4.72. The van der Waals surface area contributed by atoms with Gasteiger partial charge in [0, 0.05) is 56.5 Å². The number of benzene rings is 3. The molecule has 0 unspecified atom stereocenters. The van der Waals surface area contributed by atoms with Gasteiger partial charge in [-0.3, -0.25) is 19.8 Å². The van der Waals surface area contributed by atoms with E-state index in [1.54, 1.807) is 49.5 Å². The highest BCUT2D eigenvalue weighted by Crippen LogP contribution is 2.34. The van der Waals surface area contributed by atoms with E-state index in [9.17, 15) is 14.9 Å². The van der Waals surface area contributed by atoms with Crippen LogP contribution < -0.4 is 9.47 Å². The molecule has 5 rings (SSSR count). The summed E-state index contributed by atoms with van der Waals surface area (Å²) in [5.41, 5.74) is 3.07. The molecule has 0 radical (unpaired) electrons. The van der Waals surface area contributed by atoms with E-state index in [2.05, 4.69) is 17.0 Å². The minimum atomic E-state index is -0.464. The Balaban J connectivity index is 1.46. The Labute approximate surface area is 226 Å². The summed E-state index contributed by atoms with van der Waals surface area (Å²) in [6, 6.07) is 23.4. The predicted molar refractivity (Wildman–Crippen MR) is 146 cm³/mol. The minimum absolute atomic E-state index is 0.0838. The molecule has 0 atom stereocenters. The molecule has 1 aromatic heterocycles. The van der Waals surface area contributed by atoms with Crippen molar-refractivity contribution in [2.45, 2.75) is 6.54 Å². The van der Waals surface area contributed by atoms with Gasteiger partial charge in [0.1, 0.15) is 17.2 Å². The molecule has 1 amide bonds. The van der Waals surface area contributed by atoms with E-state index in [0.717, 1.165) is 19.6 Å². The Bertz CT molecular complexity index is 1480. The molecule has 10 nitrogen and oxygen atoms in total. The summed E-state index contributed by atoms with van der Waals surface area (Å²) in [7, 11) is 3.12. The molecular formula is C29H29N5O5. The number of nitrogens with zero attached hydrogens (tertiary/aromatic N) is 5. The molecular weight excluding hydrogens is 498 g/mol. The van der Waals surface area contributed by atoms with Crippen LogP contribution in [0.25, 0.3) is 16.9 Å². The molecule has 1 aliphatic rings. The number of amides is 1. The number of nitro benzene ring substituents is 1. The molecule has 1 saturated heterocycles. The van der Waals surface area contributed by atoms with Gasteiger partial charge in [0.05, 0.1) is 30.5 Å². The van der Waals surface area contributed by atoms with Crippen LogP contribution in [-0.4, -0.2) is 70.8 Å². The van der Waals surface area contributed by atoms with Crippen molar-refractivity contribution >= 4 is 11.6 Å². The van der Waals surface area contributed by atoms with Crippen molar-refractivity contribution in [2.75, 3.05) is 40.4 Å². The average Bonchev–Trinajstić information content (AvgIpc) is 3.43. The summed E-state index contributed by atoms with van der Waals surface area (Å²) in [6.45, 7) is 3.44. The molecule has 39 heavy (non-hydrogen) atoms. The van der Waals surface area contributed by atoms with Crippen molar-refractivity contribution in [3.05, 3.63) is 100 Å². The van der Waals surface area contributed by atoms with E-state index >= 15 is 0 Å². The first-order chi connectivity index (χ1) is 19.0. The first kappa shape index (κ1) is 25.9. The third-order valence-corrected chi connectivity index (χ3v) is 6.81. The largest absolute Gasteiger partial charge is 0.497 e. The molecule has 3 aromatic carbocycles. The lowest BCUT2D eigenvalue weighted by Gasteiger charge is -2.34. The number of carbonyl (C=O) groups is 1. The van der Waals surface area contributed by atoms with E-state index in [4.69, 9.17) is 14.6 Å². The Kier molecular flexibility index (Phi) is 7.55. The highest BCUT2D eigenvalue weighted by molar-refractivity contribution is 5.94. The van der Waals surface area contributed by atoms with Gasteiger partial charge in [-0.05, 0) is 29.8 Å². The molecule has 0 saturated carbocycles.